The van der Waals surface area contributed by atoms with Gasteiger partial charge in [-0.3, -0.25) is 0 Å². The maximum Gasteiger partial charge on any atom is 0.161 e. The van der Waals surface area contributed by atoms with Gasteiger partial charge in [-0.05, 0) is 13.8 Å². The van der Waals surface area contributed by atoms with Gasteiger partial charge in [-0.1, -0.05) is 0 Å². The Morgan fingerprint density at radius 3 is 1.53 bits per heavy atom. The molecule has 5 heteroatoms. The van der Waals surface area contributed by atoms with Gasteiger partial charge in [-0.15, -0.1) is 23.2 Å². The lowest BCUT2D eigenvalue weighted by molar-refractivity contribution is -0.243. The first-order valence-electron chi connectivity index (χ1n) is 5.29. The monoisotopic (exact) mass is 258 g/mol. The Hall–Kier alpha value is 0.460. The van der Waals surface area contributed by atoms with Gasteiger partial charge in [0.1, 0.15) is 0 Å². The van der Waals surface area contributed by atoms with Crippen LogP contribution in [-0.4, -0.2) is 37.6 Å². The maximum atomic E-state index is 5.64. The average Bonchev–Trinajstić information content (AvgIpc) is 2.19. The molecule has 0 N–H and O–H groups in total. The Morgan fingerprint density at radius 2 is 1.27 bits per heavy atom. The summed E-state index contributed by atoms with van der Waals surface area (Å²) in [6.07, 6.45) is 0.710. The SMILES string of the molecule is CCOC(CCCl)OC(CCCl)OCC. The first-order valence-corrected chi connectivity index (χ1v) is 6.35. The summed E-state index contributed by atoms with van der Waals surface area (Å²) in [6.45, 7) is 5.03. The van der Waals surface area contributed by atoms with Crippen LogP contribution in [0.15, 0.2) is 0 Å². The van der Waals surface area contributed by atoms with Crippen LogP contribution in [0.1, 0.15) is 26.7 Å². The van der Waals surface area contributed by atoms with Crippen molar-refractivity contribution in [1.82, 2.24) is 0 Å². The van der Waals surface area contributed by atoms with Crippen molar-refractivity contribution in [2.45, 2.75) is 39.3 Å². The molecule has 0 aromatic carbocycles. The van der Waals surface area contributed by atoms with Gasteiger partial charge in [0.05, 0.1) is 0 Å². The van der Waals surface area contributed by atoms with Crippen molar-refractivity contribution in [1.29, 1.82) is 0 Å². The minimum Gasteiger partial charge on any atom is -0.353 e. The normalized spacial score (nSPS) is 15.2. The van der Waals surface area contributed by atoms with Gasteiger partial charge in [0.25, 0.3) is 0 Å². The van der Waals surface area contributed by atoms with E-state index in [1.54, 1.807) is 0 Å². The highest BCUT2D eigenvalue weighted by molar-refractivity contribution is 6.18. The van der Waals surface area contributed by atoms with Crippen LogP contribution in [-0.2, 0) is 14.2 Å². The Morgan fingerprint density at radius 1 is 0.867 bits per heavy atom. The molecule has 0 heterocycles. The van der Waals surface area contributed by atoms with Gasteiger partial charge in [0, 0.05) is 37.8 Å². The predicted octanol–water partition coefficient (Wildman–Crippen LogP) is 2.99. The minimum absolute atomic E-state index is 0.299. The number of halogens is 2. The Labute approximate surface area is 102 Å². The summed E-state index contributed by atoms with van der Waals surface area (Å²) in [4.78, 5) is 0. The van der Waals surface area contributed by atoms with E-state index in [4.69, 9.17) is 37.4 Å². The Kier molecular flexibility index (Phi) is 11.3. The summed E-state index contributed by atoms with van der Waals surface area (Å²) in [5.74, 6) is 1.01. The van der Waals surface area contributed by atoms with E-state index in [0.29, 0.717) is 37.8 Å². The molecule has 0 radical (unpaired) electrons. The van der Waals surface area contributed by atoms with Crippen molar-refractivity contribution >= 4 is 23.2 Å². The fourth-order valence-electron chi connectivity index (χ4n) is 1.10. The molecule has 0 fully saturated rings. The molecule has 0 spiro atoms. The molecule has 15 heavy (non-hydrogen) atoms. The number of hydrogen-bond acceptors (Lipinski definition) is 3. The third-order valence-corrected chi connectivity index (χ3v) is 2.13. The average molecular weight is 259 g/mol. The number of alkyl halides is 2. The van der Waals surface area contributed by atoms with Crippen LogP contribution in [0.4, 0.5) is 0 Å². The van der Waals surface area contributed by atoms with Crippen LogP contribution in [0.25, 0.3) is 0 Å². The zero-order valence-electron chi connectivity index (χ0n) is 9.38. The van der Waals surface area contributed by atoms with E-state index in [-0.39, 0.29) is 12.6 Å². The van der Waals surface area contributed by atoms with Gasteiger partial charge in [-0.2, -0.15) is 0 Å². The van der Waals surface area contributed by atoms with E-state index in [0.717, 1.165) is 0 Å². The third-order valence-electron chi connectivity index (χ3n) is 1.70. The highest BCUT2D eigenvalue weighted by Crippen LogP contribution is 2.11. The summed E-state index contributed by atoms with van der Waals surface area (Å²) < 4.78 is 16.4. The van der Waals surface area contributed by atoms with Crippen LogP contribution in [0.2, 0.25) is 0 Å². The fraction of sp³-hybridized carbons (Fsp3) is 1.00. The second-order valence-electron chi connectivity index (χ2n) is 2.86. The van der Waals surface area contributed by atoms with Gasteiger partial charge in [0.15, 0.2) is 12.6 Å². The van der Waals surface area contributed by atoms with Crippen molar-refractivity contribution in [3.63, 3.8) is 0 Å². The Balaban J connectivity index is 3.93. The van der Waals surface area contributed by atoms with E-state index in [1.165, 1.54) is 0 Å². The van der Waals surface area contributed by atoms with Crippen molar-refractivity contribution in [2.75, 3.05) is 25.0 Å². The van der Waals surface area contributed by atoms with Crippen LogP contribution in [0, 0.1) is 0 Å². The Bertz CT molecular complexity index is 110. The molecule has 0 aliphatic rings. The minimum atomic E-state index is -0.299. The lowest BCUT2D eigenvalue weighted by Crippen LogP contribution is -2.28. The first-order chi connectivity index (χ1) is 7.28. The molecule has 0 saturated heterocycles. The maximum absolute atomic E-state index is 5.64. The molecule has 0 amide bonds. The van der Waals surface area contributed by atoms with Crippen molar-refractivity contribution in [3.05, 3.63) is 0 Å². The standard InChI is InChI=1S/C10H20Cl2O3/c1-3-13-9(5-7-11)15-10(6-8-12)14-4-2/h9-10H,3-8H2,1-2H3. The van der Waals surface area contributed by atoms with Crippen LogP contribution < -0.4 is 0 Å². The lowest BCUT2D eigenvalue weighted by Gasteiger charge is -2.23. The molecule has 3 nitrogen and oxygen atoms in total. The quantitative estimate of drug-likeness (QED) is 0.446. The summed E-state index contributed by atoms with van der Waals surface area (Å²) in [6, 6.07) is 0. The molecule has 92 valence electrons. The molecule has 0 saturated carbocycles. The largest absolute Gasteiger partial charge is 0.353 e. The molecular formula is C10H20Cl2O3. The second-order valence-corrected chi connectivity index (χ2v) is 3.62. The lowest BCUT2D eigenvalue weighted by atomic mass is 10.4. The number of ether oxygens (including phenoxy) is 3. The van der Waals surface area contributed by atoms with Crippen molar-refractivity contribution in [2.24, 2.45) is 0 Å². The summed E-state index contributed by atoms with van der Waals surface area (Å²) in [5.41, 5.74) is 0. The summed E-state index contributed by atoms with van der Waals surface area (Å²) in [5, 5.41) is 0. The molecule has 0 aliphatic carbocycles. The zero-order valence-corrected chi connectivity index (χ0v) is 10.9. The van der Waals surface area contributed by atoms with Crippen molar-refractivity contribution < 1.29 is 14.2 Å². The highest BCUT2D eigenvalue weighted by Gasteiger charge is 2.16. The predicted molar refractivity (Wildman–Crippen MR) is 62.6 cm³/mol. The van der Waals surface area contributed by atoms with Gasteiger partial charge in [0.2, 0.25) is 0 Å². The third kappa shape index (κ3) is 8.29. The fourth-order valence-corrected chi connectivity index (χ4v) is 1.46. The van der Waals surface area contributed by atoms with Crippen LogP contribution in [0.3, 0.4) is 0 Å². The van der Waals surface area contributed by atoms with Crippen molar-refractivity contribution in [3.8, 4) is 0 Å². The first kappa shape index (κ1) is 15.5. The molecular weight excluding hydrogens is 239 g/mol. The highest BCUT2D eigenvalue weighted by atomic mass is 35.5. The zero-order chi connectivity index (χ0) is 11.5. The van der Waals surface area contributed by atoms with Gasteiger partial charge >= 0.3 is 0 Å². The van der Waals surface area contributed by atoms with Crippen LogP contribution >= 0.6 is 23.2 Å². The molecule has 0 aliphatic heterocycles. The van der Waals surface area contributed by atoms with Gasteiger partial charge < -0.3 is 14.2 Å². The second kappa shape index (κ2) is 11.0. The van der Waals surface area contributed by atoms with E-state index in [1.807, 2.05) is 13.8 Å². The summed E-state index contributed by atoms with van der Waals surface area (Å²) >= 11 is 11.3. The van der Waals surface area contributed by atoms with E-state index in [2.05, 4.69) is 0 Å². The molecule has 2 unspecified atom stereocenters. The molecule has 2 atom stereocenters. The molecule has 0 rings (SSSR count). The van der Waals surface area contributed by atoms with E-state index in [9.17, 15) is 0 Å². The number of rotatable bonds is 10. The molecule has 0 bridgehead atoms. The van der Waals surface area contributed by atoms with Gasteiger partial charge in [-0.25, -0.2) is 0 Å². The summed E-state index contributed by atoms with van der Waals surface area (Å²) in [7, 11) is 0. The van der Waals surface area contributed by atoms with E-state index >= 15 is 0 Å². The van der Waals surface area contributed by atoms with Crippen LogP contribution in [0.5, 0.6) is 0 Å². The smallest absolute Gasteiger partial charge is 0.161 e. The molecule has 0 aromatic heterocycles. The number of hydrogen-bond donors (Lipinski definition) is 0. The topological polar surface area (TPSA) is 27.7 Å². The van der Waals surface area contributed by atoms with E-state index < -0.39 is 0 Å². The molecule has 0 aromatic rings.